The van der Waals surface area contributed by atoms with Gasteiger partial charge >= 0.3 is 12.0 Å². The third-order valence-corrected chi connectivity index (χ3v) is 3.09. The summed E-state index contributed by atoms with van der Waals surface area (Å²) >= 11 is 6.02. The molecule has 0 aliphatic rings. The van der Waals surface area contributed by atoms with E-state index in [9.17, 15) is 9.59 Å². The largest absolute Gasteiger partial charge is 0.497 e. The van der Waals surface area contributed by atoms with E-state index in [0.717, 1.165) is 0 Å². The predicted molar refractivity (Wildman–Crippen MR) is 81.1 cm³/mol. The molecule has 0 fully saturated rings. The number of anilines is 1. The molecule has 0 atom stereocenters. The van der Waals surface area contributed by atoms with E-state index >= 15 is 0 Å². The smallest absolute Gasteiger partial charge is 0.323 e. The fraction of sp³-hybridized carbons (Fsp3) is 0.429. The van der Waals surface area contributed by atoms with Crippen molar-refractivity contribution in [3.8, 4) is 5.75 Å². The number of carboxylic acids is 1. The van der Waals surface area contributed by atoms with E-state index in [1.807, 2.05) is 0 Å². The minimum absolute atomic E-state index is 0.341. The van der Waals surface area contributed by atoms with Gasteiger partial charge in [0.25, 0.3) is 0 Å². The number of methoxy groups -OCH3 is 1. The second-order valence-electron chi connectivity index (χ2n) is 5.43. The van der Waals surface area contributed by atoms with Gasteiger partial charge < -0.3 is 20.1 Å². The summed E-state index contributed by atoms with van der Waals surface area (Å²) in [5.74, 6) is -0.549. The number of amides is 2. The number of nitrogens with one attached hydrogen (secondary N) is 1. The molecule has 0 radical (unpaired) electrons. The van der Waals surface area contributed by atoms with E-state index in [1.165, 1.54) is 12.0 Å². The normalized spacial score (nSPS) is 10.9. The summed E-state index contributed by atoms with van der Waals surface area (Å²) in [5, 5.41) is 11.9. The Morgan fingerprint density at radius 2 is 2.00 bits per heavy atom. The Balaban J connectivity index is 2.99. The van der Waals surface area contributed by atoms with Crippen molar-refractivity contribution < 1.29 is 19.4 Å². The van der Waals surface area contributed by atoms with Crippen molar-refractivity contribution in [2.24, 2.45) is 0 Å². The molecule has 0 saturated heterocycles. The van der Waals surface area contributed by atoms with Gasteiger partial charge in [0, 0.05) is 11.6 Å². The number of nitrogens with zero attached hydrogens (tertiary/aromatic N) is 1. The van der Waals surface area contributed by atoms with Gasteiger partial charge in [-0.3, -0.25) is 4.79 Å². The fourth-order valence-corrected chi connectivity index (χ4v) is 1.82. The van der Waals surface area contributed by atoms with E-state index < -0.39 is 24.1 Å². The van der Waals surface area contributed by atoms with Crippen LogP contribution in [0.4, 0.5) is 10.5 Å². The lowest BCUT2D eigenvalue weighted by Gasteiger charge is -2.34. The summed E-state index contributed by atoms with van der Waals surface area (Å²) in [5.41, 5.74) is -0.283. The van der Waals surface area contributed by atoms with Crippen molar-refractivity contribution in [2.45, 2.75) is 26.3 Å². The first-order valence-corrected chi connectivity index (χ1v) is 6.67. The van der Waals surface area contributed by atoms with Gasteiger partial charge in [-0.1, -0.05) is 11.6 Å². The molecule has 0 unspecified atom stereocenters. The van der Waals surface area contributed by atoms with Crippen molar-refractivity contribution in [3.05, 3.63) is 23.2 Å². The summed E-state index contributed by atoms with van der Waals surface area (Å²) in [7, 11) is 1.50. The highest BCUT2D eigenvalue weighted by molar-refractivity contribution is 6.33. The van der Waals surface area contributed by atoms with Crippen LogP contribution < -0.4 is 10.1 Å². The van der Waals surface area contributed by atoms with Crippen LogP contribution in [0.25, 0.3) is 0 Å². The van der Waals surface area contributed by atoms with Gasteiger partial charge in [0.1, 0.15) is 12.3 Å². The molecule has 1 rings (SSSR count). The topological polar surface area (TPSA) is 78.9 Å². The van der Waals surface area contributed by atoms with E-state index in [4.69, 9.17) is 21.4 Å². The first-order valence-electron chi connectivity index (χ1n) is 6.29. The standard InChI is InChI=1S/C14H19ClN2O4/c1-14(2,3)17(8-12(18)19)13(20)16-11-7-9(21-4)5-6-10(11)15/h5-7H,8H2,1-4H3,(H,16,20)(H,18,19). The minimum Gasteiger partial charge on any atom is -0.497 e. The number of benzene rings is 1. The SMILES string of the molecule is COc1ccc(Cl)c(NC(=O)N(CC(=O)O)C(C)(C)C)c1. The molecule has 0 aliphatic heterocycles. The van der Waals surface area contributed by atoms with Crippen molar-refractivity contribution in [3.63, 3.8) is 0 Å². The van der Waals surface area contributed by atoms with Crippen molar-refractivity contribution >= 4 is 29.3 Å². The number of carbonyl (C=O) groups is 2. The molecule has 1 aromatic carbocycles. The zero-order valence-corrected chi connectivity index (χ0v) is 13.2. The van der Waals surface area contributed by atoms with Crippen LogP contribution in [0.1, 0.15) is 20.8 Å². The number of hydrogen-bond acceptors (Lipinski definition) is 3. The van der Waals surface area contributed by atoms with Crippen LogP contribution in [-0.2, 0) is 4.79 Å². The third-order valence-electron chi connectivity index (χ3n) is 2.76. The number of halogens is 1. The maximum Gasteiger partial charge on any atom is 0.323 e. The molecule has 0 heterocycles. The van der Waals surface area contributed by atoms with Crippen LogP contribution in [0.3, 0.4) is 0 Å². The first kappa shape index (κ1) is 17.1. The lowest BCUT2D eigenvalue weighted by molar-refractivity contribution is -0.138. The van der Waals surface area contributed by atoms with Crippen LogP contribution in [0.15, 0.2) is 18.2 Å². The average Bonchev–Trinajstić information content (AvgIpc) is 2.37. The highest BCUT2D eigenvalue weighted by Crippen LogP contribution is 2.27. The summed E-state index contributed by atoms with van der Waals surface area (Å²) in [4.78, 5) is 24.4. The van der Waals surface area contributed by atoms with Gasteiger partial charge in [0.05, 0.1) is 17.8 Å². The molecular weight excluding hydrogens is 296 g/mol. The molecule has 0 saturated carbocycles. The maximum absolute atomic E-state index is 12.3. The second-order valence-corrected chi connectivity index (χ2v) is 5.83. The Kier molecular flexibility index (Phi) is 5.43. The Hall–Kier alpha value is -1.95. The van der Waals surface area contributed by atoms with Gasteiger partial charge in [0.15, 0.2) is 0 Å². The lowest BCUT2D eigenvalue weighted by atomic mass is 10.1. The molecule has 0 aromatic heterocycles. The zero-order valence-electron chi connectivity index (χ0n) is 12.4. The molecule has 0 spiro atoms. The zero-order chi connectivity index (χ0) is 16.2. The summed E-state index contributed by atoms with van der Waals surface area (Å²) in [6.07, 6.45) is 0. The van der Waals surface area contributed by atoms with Crippen LogP contribution in [0, 0.1) is 0 Å². The minimum atomic E-state index is -1.09. The van der Waals surface area contributed by atoms with Crippen molar-refractivity contribution in [1.82, 2.24) is 4.90 Å². The molecule has 21 heavy (non-hydrogen) atoms. The number of aliphatic carboxylic acids is 1. The molecule has 1 aromatic rings. The van der Waals surface area contributed by atoms with Crippen molar-refractivity contribution in [2.75, 3.05) is 19.0 Å². The quantitative estimate of drug-likeness (QED) is 0.895. The highest BCUT2D eigenvalue weighted by Gasteiger charge is 2.28. The van der Waals surface area contributed by atoms with E-state index in [1.54, 1.807) is 39.0 Å². The fourth-order valence-electron chi connectivity index (χ4n) is 1.66. The van der Waals surface area contributed by atoms with E-state index in [2.05, 4.69) is 5.32 Å². The molecule has 0 aliphatic carbocycles. The summed E-state index contributed by atoms with van der Waals surface area (Å²) < 4.78 is 5.07. The predicted octanol–water partition coefficient (Wildman–Crippen LogP) is 3.07. The summed E-state index contributed by atoms with van der Waals surface area (Å²) in [6.45, 7) is 4.85. The van der Waals surface area contributed by atoms with E-state index in [0.29, 0.717) is 16.5 Å². The van der Waals surface area contributed by atoms with E-state index in [-0.39, 0.29) is 0 Å². The van der Waals surface area contributed by atoms with Gasteiger partial charge in [0.2, 0.25) is 0 Å². The Morgan fingerprint density at radius 3 is 2.48 bits per heavy atom. The number of hydrogen-bond donors (Lipinski definition) is 2. The number of carboxylic acid groups (broad SMARTS) is 1. The van der Waals surface area contributed by atoms with Crippen LogP contribution in [0.5, 0.6) is 5.75 Å². The number of carbonyl (C=O) groups excluding carboxylic acids is 1. The summed E-state index contributed by atoms with van der Waals surface area (Å²) in [6, 6.07) is 4.29. The van der Waals surface area contributed by atoms with Gasteiger partial charge in [-0.2, -0.15) is 0 Å². The van der Waals surface area contributed by atoms with Crippen LogP contribution >= 0.6 is 11.6 Å². The number of urea groups is 1. The second kappa shape index (κ2) is 6.67. The number of ether oxygens (including phenoxy) is 1. The Labute approximate surface area is 128 Å². The first-order chi connectivity index (χ1) is 9.65. The Morgan fingerprint density at radius 1 is 1.38 bits per heavy atom. The van der Waals surface area contributed by atoms with Gasteiger partial charge in [-0.25, -0.2) is 4.79 Å². The van der Waals surface area contributed by atoms with Gasteiger partial charge in [-0.15, -0.1) is 0 Å². The van der Waals surface area contributed by atoms with Crippen LogP contribution in [0.2, 0.25) is 5.02 Å². The van der Waals surface area contributed by atoms with Crippen molar-refractivity contribution in [1.29, 1.82) is 0 Å². The van der Waals surface area contributed by atoms with Gasteiger partial charge in [-0.05, 0) is 32.9 Å². The Bertz CT molecular complexity index is 540. The maximum atomic E-state index is 12.3. The lowest BCUT2D eigenvalue weighted by Crippen LogP contribution is -2.50. The third kappa shape index (κ3) is 4.82. The molecule has 6 nitrogen and oxygen atoms in total. The van der Waals surface area contributed by atoms with Crippen LogP contribution in [-0.4, -0.2) is 41.2 Å². The highest BCUT2D eigenvalue weighted by atomic mass is 35.5. The number of rotatable bonds is 4. The molecule has 2 N–H and O–H groups in total. The molecule has 116 valence electrons. The molecular formula is C14H19ClN2O4. The monoisotopic (exact) mass is 314 g/mol. The molecule has 7 heteroatoms. The molecule has 0 bridgehead atoms. The molecule has 2 amide bonds. The average molecular weight is 315 g/mol.